The van der Waals surface area contributed by atoms with Crippen LogP contribution in [0.15, 0.2) is 24.3 Å². The fraction of sp³-hybridized carbons (Fsp3) is 0.611. The molecule has 0 atom stereocenters. The molecular weight excluding hydrogens is 260 g/mol. The lowest BCUT2D eigenvalue weighted by Crippen LogP contribution is -2.20. The van der Waals surface area contributed by atoms with Gasteiger partial charge in [-0.25, -0.2) is 0 Å². The summed E-state index contributed by atoms with van der Waals surface area (Å²) in [5.74, 6) is 0.0728. The first-order valence-corrected chi connectivity index (χ1v) is 7.74. The minimum atomic E-state index is 0.0728. The summed E-state index contributed by atoms with van der Waals surface area (Å²) in [4.78, 5) is 12.0. The number of carbonyl (C=O) groups is 1. The molecule has 1 aromatic carbocycles. The van der Waals surface area contributed by atoms with E-state index in [1.54, 1.807) is 0 Å². The van der Waals surface area contributed by atoms with Crippen LogP contribution in [-0.2, 0) is 10.2 Å². The van der Waals surface area contributed by atoms with Gasteiger partial charge in [-0.3, -0.25) is 4.79 Å². The van der Waals surface area contributed by atoms with Crippen LogP contribution in [0, 0.1) is 5.41 Å². The number of nitrogens with two attached hydrogens (primary N) is 1. The minimum absolute atomic E-state index is 0.0728. The third-order valence-electron chi connectivity index (χ3n) is 3.88. The van der Waals surface area contributed by atoms with Gasteiger partial charge in [0.15, 0.2) is 0 Å². The molecule has 0 unspecified atom stereocenters. The van der Waals surface area contributed by atoms with Crippen molar-refractivity contribution in [1.29, 1.82) is 0 Å². The summed E-state index contributed by atoms with van der Waals surface area (Å²) in [6, 6.07) is 8.11. The average Bonchev–Trinajstić information content (AvgIpc) is 2.36. The van der Waals surface area contributed by atoms with E-state index in [-0.39, 0.29) is 16.7 Å². The van der Waals surface area contributed by atoms with Crippen LogP contribution in [0.2, 0.25) is 0 Å². The van der Waals surface area contributed by atoms with Gasteiger partial charge in [-0.1, -0.05) is 46.8 Å². The topological polar surface area (TPSA) is 55.1 Å². The zero-order valence-electron chi connectivity index (χ0n) is 14.1. The number of carbonyl (C=O) groups excluding carboxylic acids is 1. The average molecular weight is 290 g/mol. The zero-order valence-corrected chi connectivity index (χ0v) is 14.1. The van der Waals surface area contributed by atoms with Crippen molar-refractivity contribution < 1.29 is 4.79 Å². The zero-order chi connectivity index (χ0) is 16.1. The lowest BCUT2D eigenvalue weighted by Gasteiger charge is -2.23. The van der Waals surface area contributed by atoms with Crippen LogP contribution >= 0.6 is 0 Å². The summed E-state index contributed by atoms with van der Waals surface area (Å²) < 4.78 is 0. The highest BCUT2D eigenvalue weighted by molar-refractivity contribution is 5.90. The molecule has 0 aliphatic carbocycles. The van der Waals surface area contributed by atoms with E-state index in [9.17, 15) is 4.79 Å². The Hall–Kier alpha value is -1.35. The Balaban J connectivity index is 2.52. The molecule has 0 aliphatic rings. The van der Waals surface area contributed by atoms with Crippen molar-refractivity contribution in [1.82, 2.24) is 0 Å². The number of benzene rings is 1. The Bertz CT molecular complexity index is 455. The fourth-order valence-corrected chi connectivity index (χ4v) is 2.24. The van der Waals surface area contributed by atoms with E-state index in [1.807, 2.05) is 12.1 Å². The minimum Gasteiger partial charge on any atom is -0.330 e. The first-order valence-electron chi connectivity index (χ1n) is 7.74. The second-order valence-corrected chi connectivity index (χ2v) is 7.58. The van der Waals surface area contributed by atoms with E-state index in [4.69, 9.17) is 5.73 Å². The van der Waals surface area contributed by atoms with Crippen LogP contribution in [-0.4, -0.2) is 12.5 Å². The van der Waals surface area contributed by atoms with Crippen LogP contribution in [0.3, 0.4) is 0 Å². The maximum Gasteiger partial charge on any atom is 0.224 e. The third kappa shape index (κ3) is 6.30. The number of amides is 1. The smallest absolute Gasteiger partial charge is 0.224 e. The highest BCUT2D eigenvalue weighted by Crippen LogP contribution is 2.26. The number of hydrogen-bond donors (Lipinski definition) is 2. The molecule has 1 amide bonds. The van der Waals surface area contributed by atoms with Crippen molar-refractivity contribution in [2.24, 2.45) is 11.1 Å². The second kappa shape index (κ2) is 7.08. The van der Waals surface area contributed by atoms with Crippen molar-refractivity contribution in [3.05, 3.63) is 29.8 Å². The molecule has 0 spiro atoms. The van der Waals surface area contributed by atoms with E-state index in [0.717, 1.165) is 18.5 Å². The standard InChI is InChI=1S/C18H30N2O/c1-17(2,3)14-6-8-15(9-7-14)20-16(21)10-11-18(4,5)12-13-19/h6-9H,10-13,19H2,1-5H3,(H,20,21). The first kappa shape index (κ1) is 17.7. The number of rotatable bonds is 6. The molecule has 3 N–H and O–H groups in total. The third-order valence-corrected chi connectivity index (χ3v) is 3.88. The number of hydrogen-bond acceptors (Lipinski definition) is 2. The summed E-state index contributed by atoms with van der Waals surface area (Å²) in [5.41, 5.74) is 7.99. The van der Waals surface area contributed by atoms with Crippen LogP contribution in [0.5, 0.6) is 0 Å². The largest absolute Gasteiger partial charge is 0.330 e. The van der Waals surface area contributed by atoms with E-state index in [0.29, 0.717) is 13.0 Å². The quantitative estimate of drug-likeness (QED) is 0.829. The number of nitrogens with one attached hydrogen (secondary N) is 1. The van der Waals surface area contributed by atoms with Gasteiger partial charge in [0.25, 0.3) is 0 Å². The Morgan fingerprint density at radius 2 is 1.62 bits per heavy atom. The Labute approximate surface area is 129 Å². The number of anilines is 1. The predicted molar refractivity (Wildman–Crippen MR) is 90.5 cm³/mol. The fourth-order valence-electron chi connectivity index (χ4n) is 2.24. The van der Waals surface area contributed by atoms with Crippen LogP contribution in [0.1, 0.15) is 59.4 Å². The van der Waals surface area contributed by atoms with E-state index in [2.05, 4.69) is 52.1 Å². The predicted octanol–water partition coefficient (Wildman–Crippen LogP) is 4.08. The van der Waals surface area contributed by atoms with E-state index in [1.165, 1.54) is 5.56 Å². The van der Waals surface area contributed by atoms with Gasteiger partial charge >= 0.3 is 0 Å². The molecular formula is C18H30N2O. The van der Waals surface area contributed by atoms with Crippen LogP contribution < -0.4 is 11.1 Å². The molecule has 0 aromatic heterocycles. The molecule has 1 aromatic rings. The lowest BCUT2D eigenvalue weighted by atomic mass is 9.84. The molecule has 0 aliphatic heterocycles. The summed E-state index contributed by atoms with van der Waals surface area (Å²) in [6.07, 6.45) is 2.34. The monoisotopic (exact) mass is 290 g/mol. The molecule has 0 fully saturated rings. The van der Waals surface area contributed by atoms with Crippen LogP contribution in [0.4, 0.5) is 5.69 Å². The first-order chi connectivity index (χ1) is 9.64. The Morgan fingerprint density at radius 3 is 2.10 bits per heavy atom. The Morgan fingerprint density at radius 1 is 1.05 bits per heavy atom. The molecule has 0 saturated carbocycles. The highest BCUT2D eigenvalue weighted by Gasteiger charge is 2.18. The van der Waals surface area contributed by atoms with Gasteiger partial charge < -0.3 is 11.1 Å². The normalized spacial score (nSPS) is 12.3. The molecule has 21 heavy (non-hydrogen) atoms. The van der Waals surface area contributed by atoms with Crippen molar-refractivity contribution in [2.75, 3.05) is 11.9 Å². The Kier molecular flexibility index (Phi) is 5.97. The van der Waals surface area contributed by atoms with Gasteiger partial charge in [-0.15, -0.1) is 0 Å². The molecule has 0 bridgehead atoms. The molecule has 0 saturated heterocycles. The molecule has 0 heterocycles. The highest BCUT2D eigenvalue weighted by atomic mass is 16.1. The summed E-state index contributed by atoms with van der Waals surface area (Å²) in [7, 11) is 0. The van der Waals surface area contributed by atoms with Crippen molar-refractivity contribution >= 4 is 11.6 Å². The van der Waals surface area contributed by atoms with Gasteiger partial charge in [0.2, 0.25) is 5.91 Å². The summed E-state index contributed by atoms with van der Waals surface area (Å²) in [5, 5.41) is 2.97. The SMILES string of the molecule is CC(C)(CCN)CCC(=O)Nc1ccc(C(C)(C)C)cc1. The lowest BCUT2D eigenvalue weighted by molar-refractivity contribution is -0.116. The van der Waals surface area contributed by atoms with Gasteiger partial charge in [0.05, 0.1) is 0 Å². The molecule has 0 radical (unpaired) electrons. The van der Waals surface area contributed by atoms with Crippen molar-refractivity contribution in [3.63, 3.8) is 0 Å². The van der Waals surface area contributed by atoms with Crippen LogP contribution in [0.25, 0.3) is 0 Å². The van der Waals surface area contributed by atoms with Crippen molar-refractivity contribution in [2.45, 2.75) is 59.3 Å². The van der Waals surface area contributed by atoms with Gasteiger partial charge in [0.1, 0.15) is 0 Å². The second-order valence-electron chi connectivity index (χ2n) is 7.58. The van der Waals surface area contributed by atoms with Gasteiger partial charge in [-0.05, 0) is 47.9 Å². The van der Waals surface area contributed by atoms with Gasteiger partial charge in [-0.2, -0.15) is 0 Å². The molecule has 3 nitrogen and oxygen atoms in total. The summed E-state index contributed by atoms with van der Waals surface area (Å²) in [6.45, 7) is 11.5. The van der Waals surface area contributed by atoms with Crippen molar-refractivity contribution in [3.8, 4) is 0 Å². The maximum absolute atomic E-state index is 12.0. The van der Waals surface area contributed by atoms with E-state index < -0.39 is 0 Å². The molecule has 118 valence electrons. The molecule has 3 heteroatoms. The van der Waals surface area contributed by atoms with Gasteiger partial charge in [0, 0.05) is 12.1 Å². The molecule has 1 rings (SSSR count). The summed E-state index contributed by atoms with van der Waals surface area (Å²) >= 11 is 0. The van der Waals surface area contributed by atoms with E-state index >= 15 is 0 Å². The maximum atomic E-state index is 12.0.